The zero-order chi connectivity index (χ0) is 15.7. The van der Waals surface area contributed by atoms with Crippen LogP contribution < -0.4 is 0 Å². The summed E-state index contributed by atoms with van der Waals surface area (Å²) in [7, 11) is -4.71. The summed E-state index contributed by atoms with van der Waals surface area (Å²) in [5.74, 6) is -2.87. The van der Waals surface area contributed by atoms with Crippen LogP contribution in [-0.2, 0) is 23.0 Å². The highest BCUT2D eigenvalue weighted by atomic mass is 32.2. The van der Waals surface area contributed by atoms with Crippen LogP contribution in [0, 0.1) is 0 Å². The number of benzene rings is 1. The monoisotopic (exact) mass is 302 g/mol. The molecule has 20 heavy (non-hydrogen) atoms. The molecule has 110 valence electrons. The fraction of sp³-hybridized carbons (Fsp3) is 0.333. The first kappa shape index (κ1) is 16.1. The summed E-state index contributed by atoms with van der Waals surface area (Å²) in [6.45, 7) is 3.09. The Kier molecular flexibility index (Phi) is 4.51. The summed E-state index contributed by atoms with van der Waals surface area (Å²) in [6.07, 6.45) is 0.145. The van der Waals surface area contributed by atoms with Crippen LogP contribution in [0.15, 0.2) is 11.0 Å². The van der Waals surface area contributed by atoms with E-state index >= 15 is 0 Å². The van der Waals surface area contributed by atoms with Crippen LogP contribution in [0.3, 0.4) is 0 Å². The van der Waals surface area contributed by atoms with Crippen molar-refractivity contribution in [2.75, 3.05) is 0 Å². The van der Waals surface area contributed by atoms with Crippen molar-refractivity contribution in [2.24, 2.45) is 0 Å². The van der Waals surface area contributed by atoms with Gasteiger partial charge in [0.1, 0.15) is 0 Å². The Morgan fingerprint density at radius 2 is 1.55 bits per heavy atom. The minimum Gasteiger partial charge on any atom is -0.478 e. The van der Waals surface area contributed by atoms with Gasteiger partial charge < -0.3 is 10.2 Å². The Labute approximate surface area is 115 Å². The molecule has 8 heteroatoms. The molecule has 0 unspecified atom stereocenters. The standard InChI is InChI=1S/C12H14O7S/c1-3-6-8(11(13)14)5-9(20(17,18)19)7(4-2)10(6)12(15)16/h5H,3-4H2,1-2H3,(H,13,14)(H,15,16)(H,17,18,19). The van der Waals surface area contributed by atoms with Gasteiger partial charge in [0.05, 0.1) is 16.0 Å². The molecular weight excluding hydrogens is 288 g/mol. The van der Waals surface area contributed by atoms with E-state index in [1.165, 1.54) is 6.92 Å². The molecule has 1 aromatic carbocycles. The summed E-state index contributed by atoms with van der Waals surface area (Å²) in [5, 5.41) is 18.3. The van der Waals surface area contributed by atoms with Gasteiger partial charge in [0, 0.05) is 0 Å². The number of hydrogen-bond donors (Lipinski definition) is 3. The van der Waals surface area contributed by atoms with E-state index in [4.69, 9.17) is 9.66 Å². The first-order chi connectivity index (χ1) is 9.15. The molecule has 1 rings (SSSR count). The third-order valence-electron chi connectivity index (χ3n) is 2.93. The van der Waals surface area contributed by atoms with E-state index in [9.17, 15) is 23.1 Å². The fourth-order valence-corrected chi connectivity index (χ4v) is 2.97. The molecule has 0 aromatic heterocycles. The normalized spacial score (nSPS) is 11.3. The zero-order valence-corrected chi connectivity index (χ0v) is 11.7. The molecule has 0 heterocycles. The van der Waals surface area contributed by atoms with Gasteiger partial charge in [-0.2, -0.15) is 8.42 Å². The summed E-state index contributed by atoms with van der Waals surface area (Å²) in [5.41, 5.74) is -0.867. The lowest BCUT2D eigenvalue weighted by atomic mass is 9.93. The Balaban J connectivity index is 4.01. The molecule has 0 aliphatic rings. The number of carboxylic acids is 2. The number of aromatic carboxylic acids is 2. The third-order valence-corrected chi connectivity index (χ3v) is 3.85. The van der Waals surface area contributed by atoms with Crippen molar-refractivity contribution in [1.29, 1.82) is 0 Å². The maximum absolute atomic E-state index is 11.3. The lowest BCUT2D eigenvalue weighted by Gasteiger charge is -2.15. The van der Waals surface area contributed by atoms with Gasteiger partial charge in [0.2, 0.25) is 0 Å². The molecule has 0 spiro atoms. The lowest BCUT2D eigenvalue weighted by molar-refractivity contribution is 0.0694. The van der Waals surface area contributed by atoms with Crippen molar-refractivity contribution in [3.8, 4) is 0 Å². The van der Waals surface area contributed by atoms with Crippen molar-refractivity contribution in [2.45, 2.75) is 31.6 Å². The minimum atomic E-state index is -4.71. The topological polar surface area (TPSA) is 129 Å². The second-order valence-electron chi connectivity index (χ2n) is 4.05. The highest BCUT2D eigenvalue weighted by Gasteiger charge is 2.28. The second-order valence-corrected chi connectivity index (χ2v) is 5.44. The van der Waals surface area contributed by atoms with E-state index in [1.807, 2.05) is 0 Å². The molecule has 0 atom stereocenters. The van der Waals surface area contributed by atoms with E-state index in [-0.39, 0.29) is 29.5 Å². The molecule has 0 amide bonds. The summed E-state index contributed by atoms with van der Waals surface area (Å²) in [4.78, 5) is 21.8. The van der Waals surface area contributed by atoms with E-state index < -0.39 is 32.5 Å². The van der Waals surface area contributed by atoms with Gasteiger partial charge >= 0.3 is 11.9 Å². The van der Waals surface area contributed by atoms with Crippen LogP contribution in [0.4, 0.5) is 0 Å². The Hall–Kier alpha value is -1.93. The fourth-order valence-electron chi connectivity index (χ4n) is 2.14. The molecule has 3 N–H and O–H groups in total. The van der Waals surface area contributed by atoms with E-state index in [2.05, 4.69) is 0 Å². The van der Waals surface area contributed by atoms with E-state index in [0.717, 1.165) is 6.07 Å². The zero-order valence-electron chi connectivity index (χ0n) is 10.9. The van der Waals surface area contributed by atoms with Gasteiger partial charge in [-0.15, -0.1) is 0 Å². The first-order valence-corrected chi connectivity index (χ1v) is 7.21. The van der Waals surface area contributed by atoms with Crippen molar-refractivity contribution in [1.82, 2.24) is 0 Å². The van der Waals surface area contributed by atoms with Gasteiger partial charge in [-0.1, -0.05) is 13.8 Å². The lowest BCUT2D eigenvalue weighted by Crippen LogP contribution is -2.17. The quantitative estimate of drug-likeness (QED) is 0.702. The van der Waals surface area contributed by atoms with Gasteiger partial charge in [0.15, 0.2) is 0 Å². The summed E-state index contributed by atoms with van der Waals surface area (Å²) in [6, 6.07) is 0.807. The summed E-state index contributed by atoms with van der Waals surface area (Å²) < 4.78 is 31.8. The average molecular weight is 302 g/mol. The molecule has 0 fully saturated rings. The highest BCUT2D eigenvalue weighted by Crippen LogP contribution is 2.28. The van der Waals surface area contributed by atoms with Gasteiger partial charge in [-0.3, -0.25) is 4.55 Å². The van der Waals surface area contributed by atoms with Crippen molar-refractivity contribution in [3.05, 3.63) is 28.3 Å². The third kappa shape index (κ3) is 2.81. The molecule has 0 aliphatic carbocycles. The average Bonchev–Trinajstić information content (AvgIpc) is 2.34. The second kappa shape index (κ2) is 5.59. The smallest absolute Gasteiger partial charge is 0.336 e. The molecule has 1 aromatic rings. The Morgan fingerprint density at radius 3 is 1.85 bits per heavy atom. The number of carbonyl (C=O) groups is 2. The SMILES string of the molecule is CCc1c(C(=O)O)cc(S(=O)(=O)O)c(CC)c1C(=O)O. The molecule has 0 saturated heterocycles. The first-order valence-electron chi connectivity index (χ1n) is 5.77. The number of carboxylic acid groups (broad SMARTS) is 2. The molecular formula is C12H14O7S. The molecule has 0 saturated carbocycles. The summed E-state index contributed by atoms with van der Waals surface area (Å²) >= 11 is 0. The molecule has 0 radical (unpaired) electrons. The van der Waals surface area contributed by atoms with Crippen LogP contribution in [0.25, 0.3) is 0 Å². The largest absolute Gasteiger partial charge is 0.478 e. The van der Waals surface area contributed by atoms with Crippen LogP contribution in [-0.4, -0.2) is 35.1 Å². The van der Waals surface area contributed by atoms with E-state index in [1.54, 1.807) is 6.92 Å². The van der Waals surface area contributed by atoms with Crippen LogP contribution in [0.5, 0.6) is 0 Å². The van der Waals surface area contributed by atoms with Crippen LogP contribution >= 0.6 is 0 Å². The number of rotatable bonds is 5. The Bertz CT molecular complexity index is 674. The van der Waals surface area contributed by atoms with Crippen molar-refractivity contribution in [3.63, 3.8) is 0 Å². The van der Waals surface area contributed by atoms with Gasteiger partial charge in [-0.05, 0) is 30.0 Å². The molecule has 0 aliphatic heterocycles. The van der Waals surface area contributed by atoms with Gasteiger partial charge in [0.25, 0.3) is 10.1 Å². The van der Waals surface area contributed by atoms with Gasteiger partial charge in [-0.25, -0.2) is 9.59 Å². The van der Waals surface area contributed by atoms with Crippen molar-refractivity contribution < 1.29 is 32.8 Å². The van der Waals surface area contributed by atoms with Crippen molar-refractivity contribution >= 4 is 22.1 Å². The predicted molar refractivity (Wildman–Crippen MR) is 68.9 cm³/mol. The van der Waals surface area contributed by atoms with Crippen LogP contribution in [0.2, 0.25) is 0 Å². The maximum atomic E-state index is 11.3. The number of hydrogen-bond acceptors (Lipinski definition) is 4. The predicted octanol–water partition coefficient (Wildman–Crippen LogP) is 1.45. The van der Waals surface area contributed by atoms with E-state index in [0.29, 0.717) is 0 Å². The van der Waals surface area contributed by atoms with Crippen LogP contribution in [0.1, 0.15) is 45.7 Å². The Morgan fingerprint density at radius 1 is 1.05 bits per heavy atom. The highest BCUT2D eigenvalue weighted by molar-refractivity contribution is 7.85. The minimum absolute atomic E-state index is 0.0314. The molecule has 0 bridgehead atoms. The molecule has 7 nitrogen and oxygen atoms in total. The maximum Gasteiger partial charge on any atom is 0.336 e.